The first-order chi connectivity index (χ1) is 46.1. The van der Waals surface area contributed by atoms with E-state index in [-0.39, 0.29) is 18.9 Å². The number of aliphatic hydroxyl groups is 8. The van der Waals surface area contributed by atoms with Crippen LogP contribution in [0.2, 0.25) is 0 Å². The zero-order valence-corrected chi connectivity index (χ0v) is 57.3. The molecule has 7 rings (SSSR count). The van der Waals surface area contributed by atoms with E-state index in [1.165, 1.54) is 33.8 Å². The maximum Gasteiger partial charge on any atom is 0.331 e. The molecule has 6 fully saturated rings. The summed E-state index contributed by atoms with van der Waals surface area (Å²) in [6, 6.07) is 8.87. The molecule has 1 aromatic rings. The zero-order valence-electron chi connectivity index (χ0n) is 57.3. The van der Waals surface area contributed by atoms with Gasteiger partial charge in [0, 0.05) is 18.9 Å². The fraction of sp³-hybridized carbons (Fsp3) is 0.829. The minimum atomic E-state index is -1.96. The SMILES string of the molecule is CCCCCCCCCC(=O)O[C@H]1[C@H](O[C@@H]2[C@H]3OC(=O)CCCCCCCCC[C@H](CCCCC)O[C@@H]4O[C@H](CO)[C@@H](O)[C@H](O)[C@H]4O[C@H](O[C@H]2C)[C@@H]3O)O[C@@H](C)[C@H](O[C@@H]2O[C@@H](C)[C@H](OC(=O)[C@@H](C)CC)[C@@H](OC(=O)/C=C/c3ccccc3)[C@H]2O)[C@H]1O[C@@H]1O[C@@H](C)[C@H](O)[C@@H](O)[C@H]1O. The van der Waals surface area contributed by atoms with Crippen molar-refractivity contribution in [2.45, 2.75) is 356 Å². The van der Waals surface area contributed by atoms with Gasteiger partial charge in [-0.25, -0.2) is 4.79 Å². The second-order valence-electron chi connectivity index (χ2n) is 26.8. The lowest BCUT2D eigenvalue weighted by atomic mass is 9.95. The number of fused-ring (bicyclic) bond motifs is 3. The van der Waals surface area contributed by atoms with Crippen molar-refractivity contribution in [3.05, 3.63) is 42.0 Å². The van der Waals surface area contributed by atoms with Gasteiger partial charge in [0.25, 0.3) is 0 Å². The van der Waals surface area contributed by atoms with Gasteiger partial charge in [-0.05, 0) is 71.4 Å². The molecule has 6 heterocycles. The molecule has 0 aromatic heterocycles. The number of esters is 4. The van der Waals surface area contributed by atoms with Crippen LogP contribution < -0.4 is 0 Å². The number of carbonyl (C=O) groups excluding carboxylic acids is 4. The van der Waals surface area contributed by atoms with Gasteiger partial charge in [0.1, 0.15) is 73.2 Å². The van der Waals surface area contributed by atoms with E-state index in [4.69, 9.17) is 66.3 Å². The topological polar surface area (TPSA) is 359 Å². The molecule has 8 N–H and O–H groups in total. The van der Waals surface area contributed by atoms with E-state index in [0.29, 0.717) is 50.5 Å². The molecule has 26 heteroatoms. The zero-order chi connectivity index (χ0) is 69.6. The lowest BCUT2D eigenvalue weighted by Crippen LogP contribution is -2.68. The van der Waals surface area contributed by atoms with Crippen LogP contribution in [-0.4, -0.2) is 231 Å². The van der Waals surface area contributed by atoms with Crippen LogP contribution in [0, 0.1) is 5.92 Å². The number of benzene rings is 1. The van der Waals surface area contributed by atoms with Gasteiger partial charge in [0.15, 0.2) is 55.9 Å². The lowest BCUT2D eigenvalue weighted by molar-refractivity contribution is -0.400. The number of aliphatic hydroxyl groups excluding tert-OH is 8. The normalized spacial score (nSPS) is 38.8. The third-order valence-electron chi connectivity index (χ3n) is 19.1. The van der Waals surface area contributed by atoms with Crippen LogP contribution >= 0.6 is 0 Å². The lowest BCUT2D eigenvalue weighted by Gasteiger charge is -2.51. The van der Waals surface area contributed by atoms with Crippen LogP contribution in [0.4, 0.5) is 0 Å². The molecular weight excluding hydrogens is 1260 g/mol. The van der Waals surface area contributed by atoms with Crippen molar-refractivity contribution in [1.82, 2.24) is 0 Å². The van der Waals surface area contributed by atoms with Gasteiger partial charge in [-0.2, -0.15) is 0 Å². The summed E-state index contributed by atoms with van der Waals surface area (Å²) in [7, 11) is 0. The number of carbonyl (C=O) groups is 4. The Hall–Kier alpha value is -3.88. The molecule has 548 valence electrons. The van der Waals surface area contributed by atoms with E-state index < -0.39 is 190 Å². The van der Waals surface area contributed by atoms with E-state index in [2.05, 4.69) is 13.8 Å². The highest BCUT2D eigenvalue weighted by atomic mass is 16.8. The maximum absolute atomic E-state index is 14.5. The van der Waals surface area contributed by atoms with Crippen molar-refractivity contribution in [2.24, 2.45) is 5.92 Å². The van der Waals surface area contributed by atoms with E-state index in [9.17, 15) is 60.0 Å². The average molecular weight is 1370 g/mol. The van der Waals surface area contributed by atoms with Gasteiger partial charge in [-0.1, -0.05) is 154 Å². The van der Waals surface area contributed by atoms with Crippen LogP contribution in [0.15, 0.2) is 36.4 Å². The predicted molar refractivity (Wildman–Crippen MR) is 342 cm³/mol. The van der Waals surface area contributed by atoms with Crippen LogP contribution in [0.1, 0.15) is 202 Å². The number of rotatable bonds is 26. The number of hydrogen-bond donors (Lipinski definition) is 8. The summed E-state index contributed by atoms with van der Waals surface area (Å²) >= 11 is 0. The summed E-state index contributed by atoms with van der Waals surface area (Å²) in [5, 5.41) is 92.1. The molecule has 0 amide bonds. The van der Waals surface area contributed by atoms with Crippen molar-refractivity contribution in [2.75, 3.05) is 6.61 Å². The number of unbranched alkanes of at least 4 members (excludes halogenated alkanes) is 8. The Morgan fingerprint density at radius 3 is 1.83 bits per heavy atom. The van der Waals surface area contributed by atoms with Crippen molar-refractivity contribution in [3.8, 4) is 0 Å². The number of ether oxygens (including phenoxy) is 14. The molecule has 0 unspecified atom stereocenters. The Morgan fingerprint density at radius 1 is 0.531 bits per heavy atom. The monoisotopic (exact) mass is 1370 g/mol. The molecule has 26 nitrogen and oxygen atoms in total. The van der Waals surface area contributed by atoms with E-state index in [0.717, 1.165) is 89.5 Å². The number of hydrogen-bond acceptors (Lipinski definition) is 26. The predicted octanol–water partition coefficient (Wildman–Crippen LogP) is 5.79. The maximum atomic E-state index is 14.5. The van der Waals surface area contributed by atoms with Crippen molar-refractivity contribution >= 4 is 30.0 Å². The largest absolute Gasteiger partial charge is 0.456 e. The molecular formula is C70H112O26. The highest BCUT2D eigenvalue weighted by Gasteiger charge is 2.59. The Balaban J connectivity index is 1.26. The van der Waals surface area contributed by atoms with Crippen LogP contribution in [0.5, 0.6) is 0 Å². The van der Waals surface area contributed by atoms with E-state index >= 15 is 0 Å². The van der Waals surface area contributed by atoms with Crippen molar-refractivity contribution < 1.29 is 126 Å². The van der Waals surface area contributed by atoms with Crippen molar-refractivity contribution in [3.63, 3.8) is 0 Å². The van der Waals surface area contributed by atoms with Gasteiger partial charge in [-0.3, -0.25) is 14.4 Å². The molecule has 2 bridgehead atoms. The van der Waals surface area contributed by atoms with Crippen LogP contribution in [0.25, 0.3) is 6.08 Å². The smallest absolute Gasteiger partial charge is 0.331 e. The van der Waals surface area contributed by atoms with Gasteiger partial charge in [-0.15, -0.1) is 0 Å². The third kappa shape index (κ3) is 22.3. The standard InChI is InChI=1S/C70H112O26/c1-9-12-14-15-17-21-29-35-48(73)91-64-63(96-66-54(79)52(77)50(75)40(5)83-66)59(93-67-55(80)60(57(41(6)84-67)92-65(82)39(4)11-3)90-49(74)37-36-44-30-25-23-26-31-44)43(8)86-70(64)94-58-42(7)85-68-56(81)61(58)89-47(72)34-28-22-19-16-18-20-27-33-45(32-24-13-10-2)87-69-62(95-68)53(78)51(76)46(38-71)88-69/h23,25-26,30-31,36-37,39-43,45-46,50-64,66-71,75-81H,9-22,24,27-29,32-35,38H2,1-8H3/b37-36+/t39-,40-,41-,42-,43-,45-,46+,50-,51+,52+,53-,54+,55+,56+,57-,58-,59-,60-,61-,62+,63+,64+,66-,67-,68-,69+,70-/m0/s1. The molecule has 6 aliphatic rings. The molecule has 1 aromatic carbocycles. The van der Waals surface area contributed by atoms with Gasteiger partial charge in [0.2, 0.25) is 0 Å². The fourth-order valence-electron chi connectivity index (χ4n) is 13.0. The van der Waals surface area contributed by atoms with Crippen LogP contribution in [0.3, 0.4) is 0 Å². The fourth-order valence-corrected chi connectivity index (χ4v) is 13.0. The first-order valence-electron chi connectivity index (χ1n) is 35.5. The summed E-state index contributed by atoms with van der Waals surface area (Å²) in [5.74, 6) is -3.69. The van der Waals surface area contributed by atoms with Crippen LogP contribution in [-0.2, 0) is 85.5 Å². The summed E-state index contributed by atoms with van der Waals surface area (Å²) in [4.78, 5) is 55.9. The minimum Gasteiger partial charge on any atom is -0.456 e. The minimum absolute atomic E-state index is 0.0669. The average Bonchev–Trinajstić information content (AvgIpc) is 0.771. The Bertz CT molecular complexity index is 2480. The molecule has 0 spiro atoms. The van der Waals surface area contributed by atoms with Gasteiger partial charge in [0.05, 0.1) is 43.0 Å². The Kier molecular flexibility index (Phi) is 33.1. The summed E-state index contributed by atoms with van der Waals surface area (Å²) in [5.41, 5.74) is 0.659. The molecule has 0 aliphatic carbocycles. The molecule has 96 heavy (non-hydrogen) atoms. The van der Waals surface area contributed by atoms with Gasteiger partial charge < -0.3 is 107 Å². The summed E-state index contributed by atoms with van der Waals surface area (Å²) in [6.45, 7) is 12.9. The molecule has 27 atom stereocenters. The second kappa shape index (κ2) is 39.9. The van der Waals surface area contributed by atoms with Crippen molar-refractivity contribution in [1.29, 1.82) is 0 Å². The highest BCUT2D eigenvalue weighted by molar-refractivity contribution is 5.87. The Morgan fingerprint density at radius 2 is 1.14 bits per heavy atom. The first-order valence-corrected chi connectivity index (χ1v) is 35.5. The van der Waals surface area contributed by atoms with E-state index in [1.54, 1.807) is 44.2 Å². The highest BCUT2D eigenvalue weighted by Crippen LogP contribution is 2.40. The summed E-state index contributed by atoms with van der Waals surface area (Å²) < 4.78 is 89.4. The molecule has 0 radical (unpaired) electrons. The Labute approximate surface area is 565 Å². The van der Waals surface area contributed by atoms with E-state index in [1.807, 2.05) is 0 Å². The second-order valence-corrected chi connectivity index (χ2v) is 26.8. The quantitative estimate of drug-likeness (QED) is 0.0235. The third-order valence-corrected chi connectivity index (χ3v) is 19.1. The molecule has 6 saturated heterocycles. The van der Waals surface area contributed by atoms with Gasteiger partial charge >= 0.3 is 23.9 Å². The molecule has 0 saturated carbocycles. The molecule has 6 aliphatic heterocycles. The first kappa shape index (κ1) is 79.4. The summed E-state index contributed by atoms with van der Waals surface area (Å²) in [6.07, 6.45) is -22.3.